The first-order valence-corrected chi connectivity index (χ1v) is 7.40. The van der Waals surface area contributed by atoms with Gasteiger partial charge in [-0.3, -0.25) is 0 Å². The van der Waals surface area contributed by atoms with E-state index in [1.54, 1.807) is 0 Å². The Kier molecular flexibility index (Phi) is 3.35. The molecule has 1 aliphatic rings. The topological polar surface area (TPSA) is 68.2 Å². The van der Waals surface area contributed by atoms with Crippen LogP contribution in [0.3, 0.4) is 0 Å². The van der Waals surface area contributed by atoms with Crippen LogP contribution in [0.4, 0.5) is 11.4 Å². The maximum absolute atomic E-state index is 5.87. The van der Waals surface area contributed by atoms with Crippen molar-refractivity contribution in [2.75, 3.05) is 17.2 Å². The number of fused-ring (bicyclic) bond motifs is 1. The number of anilines is 2. The van der Waals surface area contributed by atoms with Crippen LogP contribution in [0, 0.1) is 0 Å². The zero-order chi connectivity index (χ0) is 15.0. The molecule has 0 saturated carbocycles. The van der Waals surface area contributed by atoms with E-state index in [4.69, 9.17) is 10.2 Å². The van der Waals surface area contributed by atoms with E-state index >= 15 is 0 Å². The fourth-order valence-corrected chi connectivity index (χ4v) is 2.64. The lowest BCUT2D eigenvalue weighted by Crippen LogP contribution is -2.29. The number of hydrogen-bond acceptors (Lipinski definition) is 5. The lowest BCUT2D eigenvalue weighted by molar-refractivity contribution is 0.369. The third kappa shape index (κ3) is 2.86. The molecule has 0 saturated heterocycles. The lowest BCUT2D eigenvalue weighted by Gasteiger charge is -2.30. The lowest BCUT2D eigenvalue weighted by atomic mass is 9.97. The maximum Gasteiger partial charge on any atom is 0.235 e. The first kappa shape index (κ1) is 13.9. The molecule has 21 heavy (non-hydrogen) atoms. The fraction of sp³-hybridized carbons (Fsp3) is 0.500. The average Bonchev–Trinajstić information content (AvgIpc) is 2.87. The number of hydrogen-bond donors (Lipinski definition) is 1. The third-order valence-corrected chi connectivity index (χ3v) is 3.75. The highest BCUT2D eigenvalue weighted by molar-refractivity contribution is 5.60. The van der Waals surface area contributed by atoms with Gasteiger partial charge in [0.15, 0.2) is 0 Å². The Morgan fingerprint density at radius 1 is 1.29 bits per heavy atom. The summed E-state index contributed by atoms with van der Waals surface area (Å²) in [6, 6.07) is 6.10. The predicted octanol–water partition coefficient (Wildman–Crippen LogP) is 2.90. The number of aryl methyl sites for hydroxylation is 1. The van der Waals surface area contributed by atoms with E-state index in [0.29, 0.717) is 18.3 Å². The monoisotopic (exact) mass is 286 g/mol. The summed E-state index contributed by atoms with van der Waals surface area (Å²) in [5.74, 6) is 1.36. The number of nitrogen functional groups attached to an aromatic ring is 1. The Morgan fingerprint density at radius 2 is 2.10 bits per heavy atom. The molecule has 2 heterocycles. The first-order chi connectivity index (χ1) is 9.93. The summed E-state index contributed by atoms with van der Waals surface area (Å²) in [6.07, 6.45) is 2.20. The molecule has 0 bridgehead atoms. The molecule has 0 aliphatic carbocycles. The molecular weight excluding hydrogens is 264 g/mol. The summed E-state index contributed by atoms with van der Waals surface area (Å²) in [6.45, 7) is 7.87. The van der Waals surface area contributed by atoms with Crippen molar-refractivity contribution in [2.45, 2.75) is 45.6 Å². The van der Waals surface area contributed by atoms with Crippen molar-refractivity contribution in [2.24, 2.45) is 0 Å². The van der Waals surface area contributed by atoms with Gasteiger partial charge in [-0.2, -0.15) is 0 Å². The number of nitrogens with two attached hydrogens (primary N) is 1. The normalized spacial score (nSPS) is 15.1. The van der Waals surface area contributed by atoms with Crippen LogP contribution >= 0.6 is 0 Å². The van der Waals surface area contributed by atoms with E-state index in [0.717, 1.165) is 25.1 Å². The number of benzene rings is 1. The Labute approximate surface area is 125 Å². The largest absolute Gasteiger partial charge is 0.423 e. The van der Waals surface area contributed by atoms with E-state index in [9.17, 15) is 0 Å². The van der Waals surface area contributed by atoms with Gasteiger partial charge in [-0.05, 0) is 36.6 Å². The highest BCUT2D eigenvalue weighted by atomic mass is 16.4. The molecule has 5 nitrogen and oxygen atoms in total. The van der Waals surface area contributed by atoms with Crippen LogP contribution in [-0.4, -0.2) is 16.7 Å². The molecule has 1 aromatic carbocycles. The van der Waals surface area contributed by atoms with Crippen molar-refractivity contribution in [3.8, 4) is 0 Å². The Hall–Kier alpha value is -2.04. The first-order valence-electron chi connectivity index (χ1n) is 7.40. The smallest absolute Gasteiger partial charge is 0.235 e. The molecule has 0 unspecified atom stereocenters. The van der Waals surface area contributed by atoms with Gasteiger partial charge in [0.2, 0.25) is 11.8 Å². The highest BCUT2D eigenvalue weighted by Gasteiger charge is 2.23. The van der Waals surface area contributed by atoms with E-state index in [2.05, 4.69) is 48.0 Å². The predicted molar refractivity (Wildman–Crippen MR) is 83.2 cm³/mol. The van der Waals surface area contributed by atoms with Crippen molar-refractivity contribution < 1.29 is 4.42 Å². The number of rotatable bonds is 2. The molecular formula is C16H22N4O. The van der Waals surface area contributed by atoms with Crippen molar-refractivity contribution in [1.29, 1.82) is 0 Å². The second-order valence-electron chi connectivity index (χ2n) is 6.66. The van der Waals surface area contributed by atoms with Crippen LogP contribution in [-0.2, 0) is 18.4 Å². The van der Waals surface area contributed by atoms with Gasteiger partial charge in [0.1, 0.15) is 0 Å². The van der Waals surface area contributed by atoms with Gasteiger partial charge in [0, 0.05) is 23.3 Å². The standard InChI is InChI=1S/C16H22N4O/c1-16(2,3)15-19-18-14(21-15)10-20-8-4-5-11-9-12(17)6-7-13(11)20/h6-7,9H,4-5,8,10,17H2,1-3H3. The van der Waals surface area contributed by atoms with Crippen LogP contribution in [0.15, 0.2) is 22.6 Å². The van der Waals surface area contributed by atoms with Crippen molar-refractivity contribution in [1.82, 2.24) is 10.2 Å². The van der Waals surface area contributed by atoms with Gasteiger partial charge in [-0.15, -0.1) is 10.2 Å². The molecule has 0 atom stereocenters. The summed E-state index contributed by atoms with van der Waals surface area (Å²) in [5, 5.41) is 8.34. The minimum atomic E-state index is -0.112. The summed E-state index contributed by atoms with van der Waals surface area (Å²) >= 11 is 0. The van der Waals surface area contributed by atoms with Crippen molar-refractivity contribution in [3.05, 3.63) is 35.5 Å². The van der Waals surface area contributed by atoms with Crippen LogP contribution < -0.4 is 10.6 Å². The number of aromatic nitrogens is 2. The van der Waals surface area contributed by atoms with Gasteiger partial charge < -0.3 is 15.1 Å². The van der Waals surface area contributed by atoms with E-state index < -0.39 is 0 Å². The van der Waals surface area contributed by atoms with Crippen molar-refractivity contribution >= 4 is 11.4 Å². The molecule has 1 aromatic heterocycles. The Balaban J connectivity index is 1.82. The van der Waals surface area contributed by atoms with Gasteiger partial charge in [-0.25, -0.2) is 0 Å². The summed E-state index contributed by atoms with van der Waals surface area (Å²) in [4.78, 5) is 2.29. The van der Waals surface area contributed by atoms with Gasteiger partial charge in [-0.1, -0.05) is 20.8 Å². The Bertz CT molecular complexity index is 642. The molecule has 112 valence electrons. The molecule has 0 fully saturated rings. The zero-order valence-electron chi connectivity index (χ0n) is 12.9. The minimum absolute atomic E-state index is 0.112. The SMILES string of the molecule is CC(C)(C)c1nnc(CN2CCCc3cc(N)ccc32)o1. The summed E-state index contributed by atoms with van der Waals surface area (Å²) < 4.78 is 5.80. The van der Waals surface area contributed by atoms with Crippen LogP contribution in [0.1, 0.15) is 44.5 Å². The second-order valence-corrected chi connectivity index (χ2v) is 6.66. The molecule has 0 amide bonds. The van der Waals surface area contributed by atoms with Gasteiger partial charge in [0.25, 0.3) is 0 Å². The quantitative estimate of drug-likeness (QED) is 0.860. The fourth-order valence-electron chi connectivity index (χ4n) is 2.64. The van der Waals surface area contributed by atoms with Crippen LogP contribution in [0.5, 0.6) is 0 Å². The molecule has 0 radical (unpaired) electrons. The molecule has 2 aromatic rings. The molecule has 0 spiro atoms. The molecule has 5 heteroatoms. The molecule has 2 N–H and O–H groups in total. The van der Waals surface area contributed by atoms with Gasteiger partial charge in [0.05, 0.1) is 6.54 Å². The minimum Gasteiger partial charge on any atom is -0.423 e. The third-order valence-electron chi connectivity index (χ3n) is 3.75. The van der Waals surface area contributed by atoms with E-state index in [1.807, 2.05) is 6.07 Å². The number of nitrogens with zero attached hydrogens (tertiary/aromatic N) is 3. The molecule has 3 rings (SSSR count). The van der Waals surface area contributed by atoms with E-state index in [-0.39, 0.29) is 5.41 Å². The zero-order valence-corrected chi connectivity index (χ0v) is 12.9. The second kappa shape index (κ2) is 5.06. The highest BCUT2D eigenvalue weighted by Crippen LogP contribution is 2.30. The molecule has 1 aliphatic heterocycles. The van der Waals surface area contributed by atoms with Crippen LogP contribution in [0.25, 0.3) is 0 Å². The summed E-state index contributed by atoms with van der Waals surface area (Å²) in [7, 11) is 0. The average molecular weight is 286 g/mol. The van der Waals surface area contributed by atoms with Gasteiger partial charge >= 0.3 is 0 Å². The Morgan fingerprint density at radius 3 is 2.81 bits per heavy atom. The summed E-state index contributed by atoms with van der Waals surface area (Å²) in [5.41, 5.74) is 9.11. The van der Waals surface area contributed by atoms with E-state index in [1.165, 1.54) is 11.3 Å². The maximum atomic E-state index is 5.87. The van der Waals surface area contributed by atoms with Crippen molar-refractivity contribution in [3.63, 3.8) is 0 Å². The van der Waals surface area contributed by atoms with Crippen LogP contribution in [0.2, 0.25) is 0 Å².